The van der Waals surface area contributed by atoms with Crippen molar-refractivity contribution in [3.05, 3.63) is 70.3 Å². The van der Waals surface area contributed by atoms with E-state index in [1.54, 1.807) is 6.92 Å². The number of carbonyl (C=O) groups excluding carboxylic acids is 1. The van der Waals surface area contributed by atoms with Crippen LogP contribution in [-0.4, -0.2) is 25.3 Å². The van der Waals surface area contributed by atoms with E-state index < -0.39 is 0 Å². The third kappa shape index (κ3) is 11.2. The van der Waals surface area contributed by atoms with E-state index in [1.165, 1.54) is 81.8 Å². The van der Waals surface area contributed by atoms with Gasteiger partial charge in [-0.1, -0.05) is 120 Å². The highest BCUT2D eigenvalue weighted by Crippen LogP contribution is 2.34. The second-order valence-corrected chi connectivity index (χ2v) is 12.8. The van der Waals surface area contributed by atoms with Crippen LogP contribution >= 0.6 is 11.6 Å². The molecule has 2 aromatic carbocycles. The van der Waals surface area contributed by atoms with E-state index in [4.69, 9.17) is 16.3 Å². The summed E-state index contributed by atoms with van der Waals surface area (Å²) in [7, 11) is 0. The second-order valence-electron chi connectivity index (χ2n) is 12.4. The first-order chi connectivity index (χ1) is 20.3. The predicted octanol–water partition coefficient (Wildman–Crippen LogP) is 10.6. The van der Waals surface area contributed by atoms with Crippen LogP contribution < -0.4 is 9.64 Å². The van der Waals surface area contributed by atoms with Crippen molar-refractivity contribution in [3.63, 3.8) is 0 Å². The molecule has 5 heteroatoms. The van der Waals surface area contributed by atoms with Gasteiger partial charge in [0.05, 0.1) is 18.2 Å². The summed E-state index contributed by atoms with van der Waals surface area (Å²) in [5.74, 6) is 0.702. The summed E-state index contributed by atoms with van der Waals surface area (Å²) < 4.78 is 6.09. The molecule has 1 aliphatic heterocycles. The maximum absolute atomic E-state index is 12.8. The average Bonchev–Trinajstić information content (AvgIpc) is 2.97. The highest BCUT2D eigenvalue weighted by Gasteiger charge is 2.28. The van der Waals surface area contributed by atoms with Crippen LogP contribution in [0.15, 0.2) is 59.1 Å². The highest BCUT2D eigenvalue weighted by atomic mass is 35.5. The minimum atomic E-state index is -0.00953. The lowest BCUT2D eigenvalue weighted by Crippen LogP contribution is -2.29. The zero-order valence-electron chi connectivity index (χ0n) is 26.6. The molecular formula is C37H53ClN2O2. The normalized spacial score (nSPS) is 16.4. The van der Waals surface area contributed by atoms with Crippen LogP contribution in [-0.2, 0) is 17.8 Å². The summed E-state index contributed by atoms with van der Waals surface area (Å²) in [6.45, 7) is 10.2. The van der Waals surface area contributed by atoms with Gasteiger partial charge in [0, 0.05) is 30.8 Å². The number of nitrogens with zero attached hydrogens (tertiary/aromatic N) is 2. The molecule has 0 spiro atoms. The van der Waals surface area contributed by atoms with Crippen molar-refractivity contribution >= 4 is 29.4 Å². The predicted molar refractivity (Wildman–Crippen MR) is 180 cm³/mol. The lowest BCUT2D eigenvalue weighted by molar-refractivity contribution is -0.116. The monoisotopic (exact) mass is 592 g/mol. The molecule has 1 atom stereocenters. The Morgan fingerprint density at radius 3 is 2.24 bits per heavy atom. The van der Waals surface area contributed by atoms with Crippen molar-refractivity contribution in [3.8, 4) is 5.75 Å². The van der Waals surface area contributed by atoms with Gasteiger partial charge in [0.15, 0.2) is 0 Å². The fourth-order valence-corrected chi connectivity index (χ4v) is 5.85. The van der Waals surface area contributed by atoms with E-state index >= 15 is 0 Å². The number of rotatable bonds is 19. The quantitative estimate of drug-likeness (QED) is 0.152. The van der Waals surface area contributed by atoms with Gasteiger partial charge >= 0.3 is 0 Å². The lowest BCUT2D eigenvalue weighted by Gasteiger charge is -2.31. The molecule has 0 N–H and O–H groups in total. The van der Waals surface area contributed by atoms with E-state index in [9.17, 15) is 4.79 Å². The largest absolute Gasteiger partial charge is 0.492 e. The lowest BCUT2D eigenvalue weighted by atomic mass is 9.76. The summed E-state index contributed by atoms with van der Waals surface area (Å²) in [4.78, 5) is 19.1. The maximum Gasteiger partial charge on any atom is 0.224 e. The SMILES string of the molecule is CCCCCCCCCCCCCCOc1cc(CN(C(C)=O)c2cccc(CC3(C)CN=CC=C3C)c2)ccc1Cl. The summed E-state index contributed by atoms with van der Waals surface area (Å²) in [6.07, 6.45) is 20.7. The van der Waals surface area contributed by atoms with Crippen molar-refractivity contribution in [2.45, 2.75) is 118 Å². The number of carbonyl (C=O) groups is 1. The van der Waals surface area contributed by atoms with Crippen molar-refractivity contribution in [1.82, 2.24) is 0 Å². The number of ether oxygens (including phenoxy) is 1. The topological polar surface area (TPSA) is 41.9 Å². The van der Waals surface area contributed by atoms with Gasteiger partial charge in [-0.3, -0.25) is 9.79 Å². The fourth-order valence-electron chi connectivity index (χ4n) is 5.67. The van der Waals surface area contributed by atoms with Gasteiger partial charge in [-0.05, 0) is 61.2 Å². The summed E-state index contributed by atoms with van der Waals surface area (Å²) >= 11 is 6.48. The van der Waals surface area contributed by atoms with Gasteiger partial charge < -0.3 is 9.64 Å². The van der Waals surface area contributed by atoms with Crippen LogP contribution in [0.25, 0.3) is 0 Å². The first-order valence-electron chi connectivity index (χ1n) is 16.3. The van der Waals surface area contributed by atoms with Crippen molar-refractivity contribution in [1.29, 1.82) is 0 Å². The minimum absolute atomic E-state index is 0.00520. The Morgan fingerprint density at radius 2 is 1.60 bits per heavy atom. The molecule has 1 amide bonds. The molecule has 1 heterocycles. The molecule has 0 saturated heterocycles. The number of halogens is 1. The summed E-state index contributed by atoms with van der Waals surface area (Å²) in [5, 5.41) is 0.612. The molecule has 230 valence electrons. The van der Waals surface area contributed by atoms with Crippen LogP contribution in [0, 0.1) is 5.41 Å². The Morgan fingerprint density at radius 1 is 0.929 bits per heavy atom. The molecule has 2 aromatic rings. The standard InChI is InChI=1S/C37H53ClN2O2/c1-5-6-7-8-9-10-11-12-13-14-15-16-24-42-36-26-33(20-21-35(36)38)28-40(31(3)41)34-19-17-18-32(25-34)27-37(4)29-39-23-22-30(37)2/h17-23,25-26H,5-16,24,27-29H2,1-4H3. The Balaban J connectivity index is 1.47. The number of anilines is 1. The molecule has 0 fully saturated rings. The number of dihydropyridines is 1. The second kappa shape index (κ2) is 18.2. The number of aliphatic imine (C=N–C) groups is 1. The Kier molecular flexibility index (Phi) is 14.7. The van der Waals surface area contributed by atoms with Gasteiger partial charge in [0.2, 0.25) is 5.91 Å². The number of hydrogen-bond donors (Lipinski definition) is 0. The Hall–Kier alpha value is -2.59. The minimum Gasteiger partial charge on any atom is -0.492 e. The number of allylic oxidation sites excluding steroid dienone is 1. The molecule has 3 rings (SSSR count). The number of amides is 1. The fraction of sp³-hybridized carbons (Fsp3) is 0.568. The molecule has 1 aliphatic rings. The van der Waals surface area contributed by atoms with E-state index in [0.29, 0.717) is 23.9 Å². The molecule has 0 aliphatic carbocycles. The maximum atomic E-state index is 12.8. The number of hydrogen-bond acceptors (Lipinski definition) is 3. The van der Waals surface area contributed by atoms with E-state index in [2.05, 4.69) is 44.0 Å². The summed E-state index contributed by atoms with van der Waals surface area (Å²) in [5.41, 5.74) is 4.43. The van der Waals surface area contributed by atoms with Crippen molar-refractivity contribution in [2.75, 3.05) is 18.1 Å². The van der Waals surface area contributed by atoms with Crippen molar-refractivity contribution in [2.24, 2.45) is 10.4 Å². The molecule has 0 saturated carbocycles. The van der Waals surface area contributed by atoms with Gasteiger partial charge in [0.25, 0.3) is 0 Å². The number of benzene rings is 2. The molecular weight excluding hydrogens is 540 g/mol. The smallest absolute Gasteiger partial charge is 0.224 e. The first-order valence-corrected chi connectivity index (χ1v) is 16.7. The van der Waals surface area contributed by atoms with Crippen LogP contribution in [0.4, 0.5) is 5.69 Å². The molecule has 0 aromatic heterocycles. The molecule has 1 unspecified atom stereocenters. The first kappa shape index (κ1) is 33.9. The van der Waals surface area contributed by atoms with Gasteiger partial charge in [-0.2, -0.15) is 0 Å². The van der Waals surface area contributed by atoms with Crippen molar-refractivity contribution < 1.29 is 9.53 Å². The average molecular weight is 593 g/mol. The van der Waals surface area contributed by atoms with E-state index in [1.807, 2.05) is 41.4 Å². The van der Waals surface area contributed by atoms with Gasteiger partial charge in [0.1, 0.15) is 5.75 Å². The summed E-state index contributed by atoms with van der Waals surface area (Å²) in [6, 6.07) is 14.2. The van der Waals surface area contributed by atoms with Crippen LogP contribution in [0.5, 0.6) is 5.75 Å². The third-order valence-corrected chi connectivity index (χ3v) is 8.92. The van der Waals surface area contributed by atoms with Crippen LogP contribution in [0.2, 0.25) is 5.02 Å². The Bertz CT molecular complexity index is 1170. The molecule has 4 nitrogen and oxygen atoms in total. The Labute approximate surface area is 260 Å². The molecule has 42 heavy (non-hydrogen) atoms. The van der Waals surface area contributed by atoms with E-state index in [-0.39, 0.29) is 11.3 Å². The molecule has 0 radical (unpaired) electrons. The van der Waals surface area contributed by atoms with Gasteiger partial charge in [-0.15, -0.1) is 0 Å². The zero-order valence-corrected chi connectivity index (χ0v) is 27.4. The zero-order chi connectivity index (χ0) is 30.2. The van der Waals surface area contributed by atoms with Crippen LogP contribution in [0.3, 0.4) is 0 Å². The molecule has 0 bridgehead atoms. The van der Waals surface area contributed by atoms with E-state index in [0.717, 1.165) is 30.6 Å². The van der Waals surface area contributed by atoms with Gasteiger partial charge in [-0.25, -0.2) is 0 Å². The third-order valence-electron chi connectivity index (χ3n) is 8.61. The highest BCUT2D eigenvalue weighted by molar-refractivity contribution is 6.32. The number of unbranched alkanes of at least 4 members (excludes halogenated alkanes) is 11. The van der Waals surface area contributed by atoms with Crippen LogP contribution in [0.1, 0.15) is 116 Å².